The molecular formula is C17H16Br2N2O2. The zero-order valence-corrected chi connectivity index (χ0v) is 15.7. The lowest BCUT2D eigenvalue weighted by atomic mass is 10.2. The summed E-state index contributed by atoms with van der Waals surface area (Å²) in [4.78, 5) is 12.2. The number of hydrogen-bond donors (Lipinski definition) is 1. The Morgan fingerprint density at radius 1 is 1.26 bits per heavy atom. The monoisotopic (exact) mass is 438 g/mol. The molecule has 2 rings (SSSR count). The number of carbonyl (C=O) groups is 1. The van der Waals surface area contributed by atoms with Gasteiger partial charge in [-0.05, 0) is 30.7 Å². The molecule has 120 valence electrons. The van der Waals surface area contributed by atoms with Crippen molar-refractivity contribution >= 4 is 44.0 Å². The normalized spacial score (nSPS) is 12.1. The van der Waals surface area contributed by atoms with Crippen LogP contribution in [-0.2, 0) is 4.79 Å². The van der Waals surface area contributed by atoms with Crippen molar-refractivity contribution in [2.45, 2.75) is 19.4 Å². The second kappa shape index (κ2) is 8.84. The van der Waals surface area contributed by atoms with Gasteiger partial charge in [0, 0.05) is 14.5 Å². The number of hydrogen-bond acceptors (Lipinski definition) is 3. The van der Waals surface area contributed by atoms with E-state index in [1.54, 1.807) is 6.21 Å². The first-order chi connectivity index (χ1) is 11.1. The Hall–Kier alpha value is -1.66. The molecule has 0 saturated carbocycles. The van der Waals surface area contributed by atoms with Gasteiger partial charge in [-0.2, -0.15) is 5.10 Å². The molecule has 0 saturated heterocycles. The molecular weight excluding hydrogens is 424 g/mol. The van der Waals surface area contributed by atoms with Gasteiger partial charge in [-0.25, -0.2) is 5.43 Å². The van der Waals surface area contributed by atoms with E-state index >= 15 is 0 Å². The predicted molar refractivity (Wildman–Crippen MR) is 98.7 cm³/mol. The number of rotatable bonds is 6. The number of nitrogens with zero attached hydrogens (tertiary/aromatic N) is 1. The molecule has 1 atom stereocenters. The van der Waals surface area contributed by atoms with Crippen molar-refractivity contribution in [2.75, 3.05) is 0 Å². The first kappa shape index (κ1) is 17.7. The van der Waals surface area contributed by atoms with Gasteiger partial charge in [-0.3, -0.25) is 4.79 Å². The third-order valence-corrected chi connectivity index (χ3v) is 4.24. The van der Waals surface area contributed by atoms with Crippen LogP contribution in [0.4, 0.5) is 0 Å². The highest BCUT2D eigenvalue weighted by atomic mass is 79.9. The minimum Gasteiger partial charge on any atom is -0.481 e. The Balaban J connectivity index is 1.96. The molecule has 0 aromatic heterocycles. The van der Waals surface area contributed by atoms with Gasteiger partial charge in [-0.15, -0.1) is 0 Å². The summed E-state index contributed by atoms with van der Waals surface area (Å²) in [6.07, 6.45) is 1.54. The summed E-state index contributed by atoms with van der Waals surface area (Å²) in [5, 5.41) is 3.99. The molecule has 0 unspecified atom stereocenters. The second-order valence-corrected chi connectivity index (χ2v) is 6.50. The lowest BCUT2D eigenvalue weighted by molar-refractivity contribution is -0.128. The van der Waals surface area contributed by atoms with Gasteiger partial charge in [0.1, 0.15) is 5.75 Å². The van der Waals surface area contributed by atoms with Crippen LogP contribution in [0.3, 0.4) is 0 Å². The van der Waals surface area contributed by atoms with E-state index < -0.39 is 6.10 Å². The van der Waals surface area contributed by atoms with Crippen molar-refractivity contribution in [3.8, 4) is 5.75 Å². The Labute approximate surface area is 152 Å². The summed E-state index contributed by atoms with van der Waals surface area (Å²) in [6, 6.07) is 15.0. The van der Waals surface area contributed by atoms with Crippen LogP contribution in [0.25, 0.3) is 0 Å². The first-order valence-electron chi connectivity index (χ1n) is 7.10. The minimum absolute atomic E-state index is 0.282. The minimum atomic E-state index is -0.597. The summed E-state index contributed by atoms with van der Waals surface area (Å²) in [5.41, 5.74) is 3.40. The quantitative estimate of drug-likeness (QED) is 0.531. The Kier molecular flexibility index (Phi) is 6.80. The molecule has 0 heterocycles. The van der Waals surface area contributed by atoms with E-state index in [2.05, 4.69) is 42.4 Å². The van der Waals surface area contributed by atoms with Crippen LogP contribution in [0, 0.1) is 0 Å². The zero-order valence-electron chi connectivity index (χ0n) is 12.5. The average Bonchev–Trinajstić information content (AvgIpc) is 2.54. The van der Waals surface area contributed by atoms with Gasteiger partial charge in [0.05, 0.1) is 6.21 Å². The van der Waals surface area contributed by atoms with Gasteiger partial charge < -0.3 is 4.74 Å². The Bertz CT molecular complexity index is 704. The summed E-state index contributed by atoms with van der Waals surface area (Å²) < 4.78 is 7.52. The summed E-state index contributed by atoms with van der Waals surface area (Å²) >= 11 is 6.80. The van der Waals surface area contributed by atoms with Crippen molar-refractivity contribution in [1.82, 2.24) is 5.43 Å². The molecule has 2 aromatic carbocycles. The van der Waals surface area contributed by atoms with E-state index in [0.29, 0.717) is 12.2 Å². The standard InChI is InChI=1S/C17H16Br2N2O2/c1-2-16(23-14-8-5-7-13(18)10-14)17(22)21-20-11-12-6-3-4-9-15(12)19/h3-11,16H,2H2,1H3,(H,21,22)/b20-11-/t16-/m0/s1. The molecule has 4 nitrogen and oxygen atoms in total. The van der Waals surface area contributed by atoms with Crippen molar-refractivity contribution in [3.05, 3.63) is 63.0 Å². The molecule has 0 aliphatic rings. The van der Waals surface area contributed by atoms with Gasteiger partial charge >= 0.3 is 0 Å². The van der Waals surface area contributed by atoms with Crippen LogP contribution >= 0.6 is 31.9 Å². The fourth-order valence-corrected chi connectivity index (χ4v) is 2.61. The smallest absolute Gasteiger partial charge is 0.281 e. The predicted octanol–water partition coefficient (Wildman–Crippen LogP) is 4.52. The summed E-state index contributed by atoms with van der Waals surface area (Å²) in [5.74, 6) is 0.354. The fourth-order valence-electron chi connectivity index (χ4n) is 1.84. The van der Waals surface area contributed by atoms with E-state index in [9.17, 15) is 4.79 Å². The van der Waals surface area contributed by atoms with Crippen LogP contribution in [-0.4, -0.2) is 18.2 Å². The third-order valence-electron chi connectivity index (χ3n) is 3.02. The Morgan fingerprint density at radius 2 is 2.04 bits per heavy atom. The SMILES string of the molecule is CC[C@H](Oc1cccc(Br)c1)C(=O)N/N=C\c1ccccc1Br. The highest BCUT2D eigenvalue weighted by molar-refractivity contribution is 9.10. The lowest BCUT2D eigenvalue weighted by Crippen LogP contribution is -2.35. The molecule has 0 aliphatic carbocycles. The van der Waals surface area contributed by atoms with Gasteiger partial charge in [0.2, 0.25) is 0 Å². The van der Waals surface area contributed by atoms with E-state index in [1.807, 2.05) is 55.5 Å². The number of halogens is 2. The van der Waals surface area contributed by atoms with Crippen molar-refractivity contribution < 1.29 is 9.53 Å². The molecule has 0 radical (unpaired) electrons. The molecule has 2 aromatic rings. The highest BCUT2D eigenvalue weighted by Crippen LogP contribution is 2.19. The van der Waals surface area contributed by atoms with Gasteiger partial charge in [0.15, 0.2) is 6.10 Å². The second-order valence-electron chi connectivity index (χ2n) is 4.73. The topological polar surface area (TPSA) is 50.7 Å². The van der Waals surface area contributed by atoms with E-state index in [-0.39, 0.29) is 5.91 Å². The summed E-state index contributed by atoms with van der Waals surface area (Å²) in [7, 11) is 0. The van der Waals surface area contributed by atoms with Crippen LogP contribution < -0.4 is 10.2 Å². The van der Waals surface area contributed by atoms with Gasteiger partial charge in [-0.1, -0.05) is 63.0 Å². The van der Waals surface area contributed by atoms with Crippen LogP contribution in [0.15, 0.2) is 62.6 Å². The maximum Gasteiger partial charge on any atom is 0.281 e. The van der Waals surface area contributed by atoms with E-state index in [1.165, 1.54) is 0 Å². The molecule has 23 heavy (non-hydrogen) atoms. The van der Waals surface area contributed by atoms with Crippen LogP contribution in [0.1, 0.15) is 18.9 Å². The maximum absolute atomic E-state index is 12.2. The molecule has 0 fully saturated rings. The molecule has 1 amide bonds. The Morgan fingerprint density at radius 3 is 2.74 bits per heavy atom. The van der Waals surface area contributed by atoms with E-state index in [0.717, 1.165) is 14.5 Å². The molecule has 0 aliphatic heterocycles. The number of amides is 1. The van der Waals surface area contributed by atoms with Gasteiger partial charge in [0.25, 0.3) is 5.91 Å². The van der Waals surface area contributed by atoms with Crippen molar-refractivity contribution in [3.63, 3.8) is 0 Å². The van der Waals surface area contributed by atoms with Crippen molar-refractivity contribution in [2.24, 2.45) is 5.10 Å². The highest BCUT2D eigenvalue weighted by Gasteiger charge is 2.17. The number of ether oxygens (including phenoxy) is 1. The van der Waals surface area contributed by atoms with E-state index in [4.69, 9.17) is 4.74 Å². The molecule has 6 heteroatoms. The lowest BCUT2D eigenvalue weighted by Gasteiger charge is -2.15. The number of hydrazone groups is 1. The first-order valence-corrected chi connectivity index (χ1v) is 8.68. The third kappa shape index (κ3) is 5.48. The molecule has 1 N–H and O–H groups in total. The number of benzene rings is 2. The summed E-state index contributed by atoms with van der Waals surface area (Å²) in [6.45, 7) is 1.89. The molecule has 0 spiro atoms. The zero-order chi connectivity index (χ0) is 16.7. The number of nitrogens with one attached hydrogen (secondary N) is 1. The largest absolute Gasteiger partial charge is 0.481 e. The fraction of sp³-hybridized carbons (Fsp3) is 0.176. The number of carbonyl (C=O) groups excluding carboxylic acids is 1. The van der Waals surface area contributed by atoms with Crippen LogP contribution in [0.2, 0.25) is 0 Å². The maximum atomic E-state index is 12.2. The average molecular weight is 440 g/mol. The molecule has 0 bridgehead atoms. The van der Waals surface area contributed by atoms with Crippen LogP contribution in [0.5, 0.6) is 5.75 Å². The van der Waals surface area contributed by atoms with Crippen molar-refractivity contribution in [1.29, 1.82) is 0 Å².